The van der Waals surface area contributed by atoms with Crippen molar-refractivity contribution in [2.24, 2.45) is 17.8 Å². The first-order chi connectivity index (χ1) is 22.3. The standard InChI is InChI=1S/C35H58N4O8/c1-11-22(4)31(38(7)34(42)30(36-6)21(2)3)28(46-9)20-29(40)39-18-14-16-26(39)32(47-10)23(5)33(41)37-25(35(43)44)19-24-15-12-13-17-27(24)45-8/h12-13,15,17,21-23,25-26,28,30-32,36H,11,14,16,18-20H2,1-10H3,(H,37,41)(H,43,44)/t22-,23+,25-,26-,28+,30-,31-,32+/m0/s1. The van der Waals surface area contributed by atoms with Crippen molar-refractivity contribution in [2.45, 2.75) is 103 Å². The fourth-order valence-corrected chi connectivity index (χ4v) is 6.86. The average Bonchev–Trinajstić information content (AvgIpc) is 3.53. The average molecular weight is 663 g/mol. The zero-order valence-corrected chi connectivity index (χ0v) is 29.9. The zero-order chi connectivity index (χ0) is 35.4. The molecule has 0 spiro atoms. The van der Waals surface area contributed by atoms with E-state index in [9.17, 15) is 24.3 Å². The summed E-state index contributed by atoms with van der Waals surface area (Å²) in [5.41, 5.74) is 0.660. The molecule has 0 bridgehead atoms. The summed E-state index contributed by atoms with van der Waals surface area (Å²) in [6.45, 7) is 10.3. The number of para-hydroxylation sites is 1. The molecule has 1 aromatic rings. The molecule has 1 aliphatic rings. The van der Waals surface area contributed by atoms with Gasteiger partial charge in [-0.15, -0.1) is 0 Å². The van der Waals surface area contributed by atoms with E-state index in [1.807, 2.05) is 13.8 Å². The number of carboxylic acids is 1. The number of hydrogen-bond donors (Lipinski definition) is 3. The van der Waals surface area contributed by atoms with E-state index in [-0.39, 0.29) is 54.6 Å². The molecule has 1 fully saturated rings. The van der Waals surface area contributed by atoms with Crippen LogP contribution in [0.25, 0.3) is 0 Å². The summed E-state index contributed by atoms with van der Waals surface area (Å²) in [6.07, 6.45) is 1.05. The van der Waals surface area contributed by atoms with Crippen molar-refractivity contribution in [1.29, 1.82) is 0 Å². The van der Waals surface area contributed by atoms with Crippen LogP contribution >= 0.6 is 0 Å². The van der Waals surface area contributed by atoms with Gasteiger partial charge >= 0.3 is 5.97 Å². The fourth-order valence-electron chi connectivity index (χ4n) is 6.86. The lowest BCUT2D eigenvalue weighted by Gasteiger charge is -2.40. The Kier molecular flexibility index (Phi) is 16.1. The van der Waals surface area contributed by atoms with E-state index in [0.717, 1.165) is 12.8 Å². The van der Waals surface area contributed by atoms with Crippen LogP contribution in [0.2, 0.25) is 0 Å². The van der Waals surface area contributed by atoms with E-state index >= 15 is 0 Å². The maximum atomic E-state index is 14.0. The van der Waals surface area contributed by atoms with Crippen LogP contribution in [-0.2, 0) is 35.1 Å². The number of likely N-dealkylation sites (N-methyl/N-ethyl adjacent to an activating group) is 2. The molecule has 0 radical (unpaired) electrons. The SMILES string of the molecule is CC[C@H](C)[C@@H]([C@@H](CC(=O)N1CCC[C@H]1[C@H](OC)[C@@H](C)C(=O)N[C@@H](Cc1ccccc1OC)C(=O)O)OC)N(C)C(=O)[C@@H](NC)C(C)C. The summed E-state index contributed by atoms with van der Waals surface area (Å²) in [5, 5.41) is 15.7. The molecule has 12 heteroatoms. The molecule has 0 unspecified atom stereocenters. The van der Waals surface area contributed by atoms with Gasteiger partial charge < -0.3 is 39.8 Å². The minimum absolute atomic E-state index is 0.0441. The van der Waals surface area contributed by atoms with Crippen LogP contribution in [0, 0.1) is 17.8 Å². The second kappa shape index (κ2) is 18.9. The predicted molar refractivity (Wildman–Crippen MR) is 180 cm³/mol. The van der Waals surface area contributed by atoms with Crippen molar-refractivity contribution >= 4 is 23.7 Å². The van der Waals surface area contributed by atoms with Gasteiger partial charge in [0.05, 0.1) is 49.8 Å². The van der Waals surface area contributed by atoms with Crippen LogP contribution in [0.5, 0.6) is 5.75 Å². The lowest BCUT2D eigenvalue weighted by atomic mass is 9.89. The summed E-state index contributed by atoms with van der Waals surface area (Å²) in [5.74, 6) is -1.90. The second-order valence-electron chi connectivity index (χ2n) is 13.0. The number of nitrogens with one attached hydrogen (secondary N) is 2. The van der Waals surface area contributed by atoms with E-state index < -0.39 is 36.0 Å². The summed E-state index contributed by atoms with van der Waals surface area (Å²) in [4.78, 5) is 56.6. The molecule has 3 amide bonds. The van der Waals surface area contributed by atoms with Crippen LogP contribution in [0.15, 0.2) is 24.3 Å². The van der Waals surface area contributed by atoms with E-state index in [4.69, 9.17) is 14.2 Å². The van der Waals surface area contributed by atoms with Crippen LogP contribution in [0.3, 0.4) is 0 Å². The largest absolute Gasteiger partial charge is 0.496 e. The van der Waals surface area contributed by atoms with E-state index in [1.165, 1.54) is 14.2 Å². The number of carboxylic acid groups (broad SMARTS) is 1. The molecule has 1 heterocycles. The number of carbonyl (C=O) groups excluding carboxylic acids is 3. The lowest BCUT2D eigenvalue weighted by molar-refractivity contribution is -0.147. The van der Waals surface area contributed by atoms with E-state index in [1.54, 1.807) is 62.2 Å². The Morgan fingerprint density at radius 3 is 2.26 bits per heavy atom. The van der Waals surface area contributed by atoms with E-state index in [2.05, 4.69) is 24.5 Å². The molecule has 1 aliphatic heterocycles. The van der Waals surface area contributed by atoms with Crippen molar-refractivity contribution < 1.29 is 38.5 Å². The number of hydrogen-bond acceptors (Lipinski definition) is 8. The number of ether oxygens (including phenoxy) is 3. The number of rotatable bonds is 19. The predicted octanol–water partition coefficient (Wildman–Crippen LogP) is 2.97. The minimum Gasteiger partial charge on any atom is -0.496 e. The number of carbonyl (C=O) groups is 4. The van der Waals surface area contributed by atoms with Crippen molar-refractivity contribution in [3.63, 3.8) is 0 Å². The smallest absolute Gasteiger partial charge is 0.326 e. The van der Waals surface area contributed by atoms with E-state index in [0.29, 0.717) is 24.3 Å². The number of amides is 3. The van der Waals surface area contributed by atoms with Crippen LogP contribution in [-0.4, -0.2) is 117 Å². The first-order valence-electron chi connectivity index (χ1n) is 16.7. The van der Waals surface area contributed by atoms with Gasteiger partial charge in [0.1, 0.15) is 11.8 Å². The molecule has 266 valence electrons. The third-order valence-corrected chi connectivity index (χ3v) is 9.73. The van der Waals surface area contributed by atoms with Crippen molar-refractivity contribution in [3.05, 3.63) is 29.8 Å². The molecular formula is C35H58N4O8. The number of nitrogens with zero attached hydrogens (tertiary/aromatic N) is 2. The van der Waals surface area contributed by atoms with Crippen molar-refractivity contribution in [1.82, 2.24) is 20.4 Å². The second-order valence-corrected chi connectivity index (χ2v) is 13.0. The fraction of sp³-hybridized carbons (Fsp3) is 0.714. The zero-order valence-electron chi connectivity index (χ0n) is 29.9. The molecule has 1 saturated heterocycles. The normalized spacial score (nSPS) is 19.3. The van der Waals surface area contributed by atoms with Crippen LogP contribution in [0.4, 0.5) is 0 Å². The summed E-state index contributed by atoms with van der Waals surface area (Å²) in [7, 11) is 8.13. The van der Waals surface area contributed by atoms with Gasteiger partial charge in [-0.05, 0) is 43.4 Å². The Morgan fingerprint density at radius 2 is 1.72 bits per heavy atom. The highest BCUT2D eigenvalue weighted by Gasteiger charge is 2.43. The highest BCUT2D eigenvalue weighted by Crippen LogP contribution is 2.30. The van der Waals surface area contributed by atoms with Gasteiger partial charge in [0.25, 0.3) is 0 Å². The van der Waals surface area contributed by atoms with Gasteiger partial charge in [-0.1, -0.05) is 59.2 Å². The summed E-state index contributed by atoms with van der Waals surface area (Å²) in [6, 6.07) is 4.81. The molecule has 12 nitrogen and oxygen atoms in total. The van der Waals surface area contributed by atoms with Crippen LogP contribution in [0.1, 0.15) is 65.9 Å². The molecule has 2 rings (SSSR count). The van der Waals surface area contributed by atoms with Gasteiger partial charge in [0.2, 0.25) is 17.7 Å². The monoisotopic (exact) mass is 662 g/mol. The molecule has 3 N–H and O–H groups in total. The highest BCUT2D eigenvalue weighted by molar-refractivity contribution is 5.86. The van der Waals surface area contributed by atoms with Gasteiger partial charge in [-0.2, -0.15) is 0 Å². The number of aliphatic carboxylic acids is 1. The molecule has 0 aromatic heterocycles. The quantitative estimate of drug-likeness (QED) is 0.204. The topological polar surface area (TPSA) is 147 Å². The van der Waals surface area contributed by atoms with Gasteiger partial charge in [-0.3, -0.25) is 14.4 Å². The maximum Gasteiger partial charge on any atom is 0.326 e. The Bertz CT molecular complexity index is 1180. The first kappa shape index (κ1) is 40.0. The maximum absolute atomic E-state index is 14.0. The molecule has 0 aliphatic carbocycles. The molecule has 0 saturated carbocycles. The van der Waals surface area contributed by atoms with Crippen molar-refractivity contribution in [2.75, 3.05) is 42.0 Å². The van der Waals surface area contributed by atoms with Gasteiger partial charge in [0.15, 0.2) is 0 Å². The third kappa shape index (κ3) is 10.1. The Hall–Kier alpha value is -3.22. The van der Waals surface area contributed by atoms with Crippen LogP contribution < -0.4 is 15.4 Å². The summed E-state index contributed by atoms with van der Waals surface area (Å²) >= 11 is 0. The van der Waals surface area contributed by atoms with Gasteiger partial charge in [0, 0.05) is 34.2 Å². The highest BCUT2D eigenvalue weighted by atomic mass is 16.5. The first-order valence-corrected chi connectivity index (χ1v) is 16.7. The van der Waals surface area contributed by atoms with Gasteiger partial charge in [-0.25, -0.2) is 4.79 Å². The molecular weight excluding hydrogens is 604 g/mol. The Morgan fingerprint density at radius 1 is 1.06 bits per heavy atom. The lowest BCUT2D eigenvalue weighted by Crippen LogP contribution is -2.56. The number of likely N-dealkylation sites (tertiary alicyclic amines) is 1. The molecule has 47 heavy (non-hydrogen) atoms. The number of methoxy groups -OCH3 is 3. The molecule has 1 aromatic carbocycles. The molecule has 8 atom stereocenters. The Balaban J connectivity index is 2.23. The Labute approximate surface area is 280 Å². The summed E-state index contributed by atoms with van der Waals surface area (Å²) < 4.78 is 17.1. The number of benzene rings is 1. The minimum atomic E-state index is -1.18. The third-order valence-electron chi connectivity index (χ3n) is 9.73. The van der Waals surface area contributed by atoms with Crippen molar-refractivity contribution in [3.8, 4) is 5.75 Å².